The number of aliphatic carboxylic acids is 1. The first-order valence-electron chi connectivity index (χ1n) is 22.9. The fourth-order valence-corrected chi connectivity index (χ4v) is 6.34. The van der Waals surface area contributed by atoms with Crippen LogP contribution in [-0.2, 0) is 32.7 Å². The van der Waals surface area contributed by atoms with Crippen molar-refractivity contribution in [3.63, 3.8) is 0 Å². The Morgan fingerprint density at radius 2 is 0.902 bits per heavy atom. The average Bonchev–Trinajstić information content (AvgIpc) is 3.24. The van der Waals surface area contributed by atoms with E-state index in [1.807, 2.05) is 0 Å². The van der Waals surface area contributed by atoms with Crippen molar-refractivity contribution >= 4 is 19.8 Å². The minimum atomic E-state index is -4.64. The van der Waals surface area contributed by atoms with Crippen molar-refractivity contribution in [3.05, 3.63) is 109 Å². The molecule has 0 rings (SSSR count). The fourth-order valence-electron chi connectivity index (χ4n) is 5.56. The van der Waals surface area contributed by atoms with Gasteiger partial charge in [-0.25, -0.2) is 4.57 Å². The molecule has 346 valence electrons. The summed E-state index contributed by atoms with van der Waals surface area (Å²) in [6.45, 7) is 3.56. The lowest BCUT2D eigenvalue weighted by Crippen LogP contribution is -2.34. The number of ether oxygens (including phenoxy) is 2. The molecule has 0 aromatic rings. The van der Waals surface area contributed by atoms with Gasteiger partial charge < -0.3 is 25.2 Å². The molecule has 0 spiro atoms. The largest absolute Gasteiger partial charge is 0.480 e. The molecule has 0 bridgehead atoms. The number of allylic oxidation sites excluding steroid dienone is 18. The summed E-state index contributed by atoms with van der Waals surface area (Å²) < 4.78 is 33.4. The van der Waals surface area contributed by atoms with E-state index in [1.165, 1.54) is 0 Å². The van der Waals surface area contributed by atoms with Crippen LogP contribution < -0.4 is 5.73 Å². The summed E-state index contributed by atoms with van der Waals surface area (Å²) in [7, 11) is -4.64. The van der Waals surface area contributed by atoms with E-state index in [0.717, 1.165) is 128 Å². The molecule has 0 saturated heterocycles. The predicted octanol–water partition coefficient (Wildman–Crippen LogP) is 13.1. The highest BCUT2D eigenvalue weighted by molar-refractivity contribution is 7.47. The topological polar surface area (TPSA) is 155 Å². The maximum absolute atomic E-state index is 12.6. The zero-order valence-electron chi connectivity index (χ0n) is 37.7. The van der Waals surface area contributed by atoms with Gasteiger partial charge in [-0.15, -0.1) is 0 Å². The average molecular weight is 872 g/mol. The molecule has 3 atom stereocenters. The molecular weight excluding hydrogens is 790 g/mol. The number of hydrogen-bond acceptors (Lipinski definition) is 8. The zero-order valence-corrected chi connectivity index (χ0v) is 38.6. The third-order valence-corrected chi connectivity index (χ3v) is 10.00. The second-order valence-electron chi connectivity index (χ2n) is 14.8. The SMILES string of the molecule is CC/C=C\C/C=C\C/C=C\C/C=C\C/C=C\C/C=C\CCCCCCCOCC(COP(=O)(O)OCC(N)C(=O)O)OC(=O)CCCCCCC/C=C\C/C=C\C/C=C\CC. The van der Waals surface area contributed by atoms with Crippen molar-refractivity contribution in [2.24, 2.45) is 5.73 Å². The van der Waals surface area contributed by atoms with Crippen molar-refractivity contribution in [1.82, 2.24) is 0 Å². The van der Waals surface area contributed by atoms with Gasteiger partial charge in [-0.2, -0.15) is 0 Å². The summed E-state index contributed by atoms with van der Waals surface area (Å²) in [5.74, 6) is -1.82. The quantitative estimate of drug-likeness (QED) is 0.0234. The first-order chi connectivity index (χ1) is 29.7. The third-order valence-electron chi connectivity index (χ3n) is 9.05. The van der Waals surface area contributed by atoms with Gasteiger partial charge in [0.2, 0.25) is 0 Å². The van der Waals surface area contributed by atoms with Gasteiger partial charge in [0.05, 0.1) is 19.8 Å². The number of unbranched alkanes of at least 4 members (excludes halogenated alkanes) is 10. The second kappa shape index (κ2) is 44.7. The van der Waals surface area contributed by atoms with Crippen molar-refractivity contribution in [2.45, 2.75) is 167 Å². The zero-order chi connectivity index (χ0) is 44.8. The Labute approximate surface area is 370 Å². The second-order valence-corrected chi connectivity index (χ2v) is 16.2. The van der Waals surface area contributed by atoms with Crippen molar-refractivity contribution in [3.8, 4) is 0 Å². The molecular formula is C50H82NO9P. The number of rotatable bonds is 42. The molecule has 0 aromatic heterocycles. The first-order valence-corrected chi connectivity index (χ1v) is 24.4. The Kier molecular flexibility index (Phi) is 42.2. The van der Waals surface area contributed by atoms with Crippen LogP contribution >= 0.6 is 7.82 Å². The first kappa shape index (κ1) is 57.6. The van der Waals surface area contributed by atoms with Crippen molar-refractivity contribution in [1.29, 1.82) is 0 Å². The number of phosphoric ester groups is 1. The van der Waals surface area contributed by atoms with E-state index in [9.17, 15) is 19.0 Å². The van der Waals surface area contributed by atoms with Crippen LogP contribution in [0.15, 0.2) is 109 Å². The smallest absolute Gasteiger partial charge is 0.472 e. The Balaban J connectivity index is 4.29. The third kappa shape index (κ3) is 44.5. The lowest BCUT2D eigenvalue weighted by molar-refractivity contribution is -0.154. The van der Waals surface area contributed by atoms with Crippen LogP contribution in [0.2, 0.25) is 0 Å². The summed E-state index contributed by atoms with van der Waals surface area (Å²) in [4.78, 5) is 33.6. The van der Waals surface area contributed by atoms with Gasteiger partial charge in [-0.3, -0.25) is 18.6 Å². The molecule has 0 aromatic carbocycles. The standard InChI is InChI=1S/C50H82NO9P/c1-3-5-7-9-11-13-15-17-19-20-21-22-23-24-25-26-27-29-31-33-35-37-39-41-43-57-44-47(45-58-61(55,56)59-46-48(51)50(53)54)60-49(52)42-40-38-36-34-32-30-28-18-16-14-12-10-8-6-4-2/h5-8,11-14,17-19,21-22,24-25,27-29,47-48H,3-4,9-10,15-16,20,23,26,30-46,51H2,1-2H3,(H,53,54)(H,55,56)/b7-5-,8-6-,13-11-,14-12-,19-17-,22-21-,25-24-,28-18-,29-27-. The number of esters is 1. The maximum Gasteiger partial charge on any atom is 0.472 e. The molecule has 0 radical (unpaired) electrons. The van der Waals surface area contributed by atoms with Gasteiger partial charge in [-0.1, -0.05) is 162 Å². The lowest BCUT2D eigenvalue weighted by Gasteiger charge is -2.20. The Morgan fingerprint density at radius 3 is 1.34 bits per heavy atom. The number of hydrogen-bond donors (Lipinski definition) is 3. The van der Waals surface area contributed by atoms with Crippen LogP contribution in [0.3, 0.4) is 0 Å². The van der Waals surface area contributed by atoms with E-state index in [-0.39, 0.29) is 13.0 Å². The Hall–Kier alpha value is -3.37. The molecule has 0 aliphatic carbocycles. The molecule has 0 heterocycles. The molecule has 0 amide bonds. The predicted molar refractivity (Wildman–Crippen MR) is 253 cm³/mol. The highest BCUT2D eigenvalue weighted by atomic mass is 31.2. The fraction of sp³-hybridized carbons (Fsp3) is 0.600. The normalized spacial score (nSPS) is 14.8. The van der Waals surface area contributed by atoms with Gasteiger partial charge in [0.1, 0.15) is 12.1 Å². The number of nitrogens with two attached hydrogens (primary N) is 1. The van der Waals surface area contributed by atoms with Gasteiger partial charge >= 0.3 is 19.8 Å². The number of carbonyl (C=O) groups is 2. The number of carboxylic acid groups (broad SMARTS) is 1. The van der Waals surface area contributed by atoms with Crippen LogP contribution in [0.5, 0.6) is 0 Å². The molecule has 0 aliphatic heterocycles. The van der Waals surface area contributed by atoms with E-state index in [4.69, 9.17) is 29.4 Å². The Bertz CT molecular complexity index is 1380. The van der Waals surface area contributed by atoms with E-state index in [1.54, 1.807) is 0 Å². The monoisotopic (exact) mass is 872 g/mol. The van der Waals surface area contributed by atoms with E-state index in [0.29, 0.717) is 13.0 Å². The van der Waals surface area contributed by atoms with Gasteiger partial charge in [0, 0.05) is 13.0 Å². The lowest BCUT2D eigenvalue weighted by atomic mass is 10.1. The highest BCUT2D eigenvalue weighted by Gasteiger charge is 2.27. The molecule has 0 saturated carbocycles. The molecule has 11 heteroatoms. The Morgan fingerprint density at radius 1 is 0.525 bits per heavy atom. The minimum absolute atomic E-state index is 0.0116. The minimum Gasteiger partial charge on any atom is -0.480 e. The van der Waals surface area contributed by atoms with Gasteiger partial charge in [-0.05, 0) is 96.3 Å². The van der Waals surface area contributed by atoms with Crippen LogP contribution in [0.25, 0.3) is 0 Å². The van der Waals surface area contributed by atoms with Crippen LogP contribution in [-0.4, -0.2) is 60.5 Å². The van der Waals surface area contributed by atoms with Crippen LogP contribution in [0, 0.1) is 0 Å². The summed E-state index contributed by atoms with van der Waals surface area (Å²) in [6, 6.07) is -1.49. The molecule has 61 heavy (non-hydrogen) atoms. The number of carbonyl (C=O) groups excluding carboxylic acids is 1. The van der Waals surface area contributed by atoms with Gasteiger partial charge in [0.15, 0.2) is 0 Å². The van der Waals surface area contributed by atoms with E-state index in [2.05, 4.69) is 123 Å². The van der Waals surface area contributed by atoms with E-state index >= 15 is 0 Å². The van der Waals surface area contributed by atoms with Crippen LogP contribution in [0.4, 0.5) is 0 Å². The van der Waals surface area contributed by atoms with Crippen LogP contribution in [0.1, 0.15) is 155 Å². The van der Waals surface area contributed by atoms with Crippen molar-refractivity contribution in [2.75, 3.05) is 26.4 Å². The maximum atomic E-state index is 12.6. The molecule has 0 aliphatic rings. The summed E-state index contributed by atoms with van der Waals surface area (Å²) in [6.07, 6.45) is 60.0. The summed E-state index contributed by atoms with van der Waals surface area (Å²) in [5.41, 5.74) is 5.36. The molecule has 4 N–H and O–H groups in total. The summed E-state index contributed by atoms with van der Waals surface area (Å²) in [5, 5.41) is 8.91. The number of carboxylic acids is 1. The summed E-state index contributed by atoms with van der Waals surface area (Å²) >= 11 is 0. The van der Waals surface area contributed by atoms with Gasteiger partial charge in [0.25, 0.3) is 0 Å². The molecule has 10 nitrogen and oxygen atoms in total. The van der Waals surface area contributed by atoms with E-state index < -0.39 is 45.1 Å². The molecule has 3 unspecified atom stereocenters. The molecule has 0 fully saturated rings. The highest BCUT2D eigenvalue weighted by Crippen LogP contribution is 2.43. The van der Waals surface area contributed by atoms with Crippen molar-refractivity contribution < 1.29 is 42.7 Å². The number of phosphoric acid groups is 1.